The summed E-state index contributed by atoms with van der Waals surface area (Å²) in [5.74, 6) is 1.31. The summed E-state index contributed by atoms with van der Waals surface area (Å²) >= 11 is 2.30. The number of hydrogen-bond donors (Lipinski definition) is 2. The van der Waals surface area contributed by atoms with Crippen LogP contribution in [-0.4, -0.2) is 16.6 Å². The second-order valence-electron chi connectivity index (χ2n) is 6.65. The standard InChI is InChI=1S/C19H22IN3OS/c1-10(2)9-24-15-8-22-18-16(12(15)4)17(19(23-18)25-20)13-6-5-11(3)14(21)7-13/h5-8,10H,9,21H2,1-4H3,(H,22,23). The molecule has 0 aliphatic rings. The van der Waals surface area contributed by atoms with Gasteiger partial charge in [0.15, 0.2) is 0 Å². The summed E-state index contributed by atoms with van der Waals surface area (Å²) in [6, 6.07) is 6.22. The van der Waals surface area contributed by atoms with Gasteiger partial charge in [0.05, 0.1) is 17.8 Å². The molecule has 1 aromatic carbocycles. The zero-order valence-corrected chi connectivity index (χ0v) is 17.8. The third kappa shape index (κ3) is 3.60. The average Bonchev–Trinajstić information content (AvgIpc) is 2.96. The smallest absolute Gasteiger partial charge is 0.141 e. The molecule has 132 valence electrons. The maximum atomic E-state index is 6.15. The van der Waals surface area contributed by atoms with E-state index in [1.54, 1.807) is 8.93 Å². The number of H-pyrrole nitrogens is 1. The highest BCUT2D eigenvalue weighted by Crippen LogP contribution is 2.43. The van der Waals surface area contributed by atoms with Gasteiger partial charge in [0.1, 0.15) is 11.4 Å². The molecule has 0 saturated heterocycles. The van der Waals surface area contributed by atoms with Crippen LogP contribution in [-0.2, 0) is 0 Å². The zero-order valence-electron chi connectivity index (χ0n) is 14.8. The first-order valence-corrected chi connectivity index (χ1v) is 11.6. The third-order valence-electron chi connectivity index (χ3n) is 4.22. The minimum atomic E-state index is 0.471. The number of ether oxygens (including phenoxy) is 1. The van der Waals surface area contributed by atoms with Crippen molar-refractivity contribution in [2.45, 2.75) is 32.7 Å². The van der Waals surface area contributed by atoms with E-state index in [0.717, 1.165) is 49.8 Å². The highest BCUT2D eigenvalue weighted by atomic mass is 127. The summed E-state index contributed by atoms with van der Waals surface area (Å²) in [7, 11) is 1.65. The fourth-order valence-electron chi connectivity index (χ4n) is 2.80. The number of hydrogen-bond acceptors (Lipinski definition) is 4. The number of anilines is 1. The predicted octanol–water partition coefficient (Wildman–Crippen LogP) is 5.91. The number of nitrogen functional groups attached to an aromatic ring is 1. The molecule has 6 heteroatoms. The van der Waals surface area contributed by atoms with Crippen molar-refractivity contribution in [1.82, 2.24) is 9.97 Å². The molecule has 25 heavy (non-hydrogen) atoms. The van der Waals surface area contributed by atoms with E-state index in [4.69, 9.17) is 10.5 Å². The van der Waals surface area contributed by atoms with Gasteiger partial charge in [0.2, 0.25) is 0 Å². The van der Waals surface area contributed by atoms with Crippen LogP contribution in [0.25, 0.3) is 22.2 Å². The van der Waals surface area contributed by atoms with E-state index in [2.05, 4.69) is 64.1 Å². The van der Waals surface area contributed by atoms with Gasteiger partial charge >= 0.3 is 0 Å². The molecule has 0 bridgehead atoms. The monoisotopic (exact) mass is 467 g/mol. The highest BCUT2D eigenvalue weighted by molar-refractivity contribution is 14.2. The molecule has 2 aromatic heterocycles. The van der Waals surface area contributed by atoms with Gasteiger partial charge in [-0.2, -0.15) is 0 Å². The molecule has 0 saturated carbocycles. The van der Waals surface area contributed by atoms with Crippen LogP contribution in [0.3, 0.4) is 0 Å². The summed E-state index contributed by atoms with van der Waals surface area (Å²) in [5, 5.41) is 2.18. The van der Waals surface area contributed by atoms with Crippen LogP contribution >= 0.6 is 30.1 Å². The van der Waals surface area contributed by atoms with Crippen LogP contribution in [0, 0.1) is 19.8 Å². The van der Waals surface area contributed by atoms with Gasteiger partial charge in [0.25, 0.3) is 0 Å². The lowest BCUT2D eigenvalue weighted by molar-refractivity contribution is 0.269. The van der Waals surface area contributed by atoms with Crippen molar-refractivity contribution < 1.29 is 4.74 Å². The average molecular weight is 467 g/mol. The number of aromatic nitrogens is 2. The Kier molecular flexibility index (Phi) is 5.48. The number of pyridine rings is 1. The number of fused-ring (bicyclic) bond motifs is 1. The molecule has 0 aliphatic carbocycles. The number of rotatable bonds is 5. The van der Waals surface area contributed by atoms with E-state index in [9.17, 15) is 0 Å². The molecule has 0 amide bonds. The lowest BCUT2D eigenvalue weighted by Gasteiger charge is -2.12. The van der Waals surface area contributed by atoms with Crippen molar-refractivity contribution in [1.29, 1.82) is 0 Å². The van der Waals surface area contributed by atoms with E-state index in [1.807, 2.05) is 19.2 Å². The number of aryl methyl sites for hydroxylation is 2. The number of nitrogens with one attached hydrogen (secondary N) is 1. The number of benzene rings is 1. The number of nitrogens with zero attached hydrogens (tertiary/aromatic N) is 1. The van der Waals surface area contributed by atoms with Crippen LogP contribution in [0.2, 0.25) is 0 Å². The molecule has 0 unspecified atom stereocenters. The molecular formula is C19H22IN3OS. The van der Waals surface area contributed by atoms with E-state index in [0.29, 0.717) is 12.5 Å². The second-order valence-corrected chi connectivity index (χ2v) is 8.54. The molecule has 4 nitrogen and oxygen atoms in total. The zero-order chi connectivity index (χ0) is 18.1. The number of nitrogens with two attached hydrogens (primary N) is 1. The minimum absolute atomic E-state index is 0.471. The first-order chi connectivity index (χ1) is 11.9. The highest BCUT2D eigenvalue weighted by Gasteiger charge is 2.19. The normalized spacial score (nSPS) is 11.4. The molecule has 0 spiro atoms. The fourth-order valence-corrected chi connectivity index (χ4v) is 4.22. The van der Waals surface area contributed by atoms with Crippen LogP contribution in [0.15, 0.2) is 29.4 Å². The summed E-state index contributed by atoms with van der Waals surface area (Å²) in [6.45, 7) is 9.08. The third-order valence-corrected chi connectivity index (χ3v) is 6.00. The number of aromatic amines is 1. The van der Waals surface area contributed by atoms with Gasteiger partial charge in [-0.15, -0.1) is 0 Å². The van der Waals surface area contributed by atoms with Crippen molar-refractivity contribution in [2.75, 3.05) is 12.3 Å². The van der Waals surface area contributed by atoms with Gasteiger partial charge in [-0.1, -0.05) is 26.0 Å². The van der Waals surface area contributed by atoms with Crippen LogP contribution < -0.4 is 10.5 Å². The van der Waals surface area contributed by atoms with Gasteiger partial charge in [0, 0.05) is 43.4 Å². The van der Waals surface area contributed by atoms with Gasteiger partial charge < -0.3 is 15.5 Å². The summed E-state index contributed by atoms with van der Waals surface area (Å²) < 4.78 is 5.97. The molecule has 3 aromatic rings. The van der Waals surface area contributed by atoms with Gasteiger partial charge in [-0.25, -0.2) is 4.98 Å². The Hall–Kier alpha value is -1.41. The summed E-state index contributed by atoms with van der Waals surface area (Å²) in [4.78, 5) is 8.01. The Morgan fingerprint density at radius 2 is 2.08 bits per heavy atom. The van der Waals surface area contributed by atoms with Crippen LogP contribution in [0.5, 0.6) is 5.75 Å². The molecule has 2 heterocycles. The van der Waals surface area contributed by atoms with Crippen molar-refractivity contribution in [3.8, 4) is 16.9 Å². The topological polar surface area (TPSA) is 63.9 Å². The van der Waals surface area contributed by atoms with Gasteiger partial charge in [-0.3, -0.25) is 0 Å². The van der Waals surface area contributed by atoms with Crippen molar-refractivity contribution >= 4 is 46.9 Å². The van der Waals surface area contributed by atoms with E-state index < -0.39 is 0 Å². The minimum Gasteiger partial charge on any atom is -0.491 e. The summed E-state index contributed by atoms with van der Waals surface area (Å²) in [6.07, 6.45) is 1.81. The maximum Gasteiger partial charge on any atom is 0.141 e. The number of halogens is 1. The molecule has 0 fully saturated rings. The fraction of sp³-hybridized carbons (Fsp3) is 0.316. The molecule has 3 N–H and O–H groups in total. The molecular weight excluding hydrogens is 445 g/mol. The Bertz CT molecular complexity index is 921. The Labute approximate surface area is 164 Å². The van der Waals surface area contributed by atoms with Gasteiger partial charge in [-0.05, 0) is 45.9 Å². The quantitative estimate of drug-likeness (QED) is 0.362. The largest absolute Gasteiger partial charge is 0.491 e. The van der Waals surface area contributed by atoms with E-state index in [1.165, 1.54) is 0 Å². The van der Waals surface area contributed by atoms with Crippen LogP contribution in [0.1, 0.15) is 25.0 Å². The predicted molar refractivity (Wildman–Crippen MR) is 116 cm³/mol. The Balaban J connectivity index is 2.21. The first kappa shape index (κ1) is 18.4. The SMILES string of the molecule is Cc1ccc(-c2c(SI)[nH]c3ncc(OCC(C)C)c(C)c23)cc1N. The lowest BCUT2D eigenvalue weighted by atomic mass is 10.0. The second kappa shape index (κ2) is 7.45. The van der Waals surface area contributed by atoms with E-state index >= 15 is 0 Å². The van der Waals surface area contributed by atoms with Crippen LogP contribution in [0.4, 0.5) is 5.69 Å². The van der Waals surface area contributed by atoms with Crippen molar-refractivity contribution in [3.63, 3.8) is 0 Å². The Morgan fingerprint density at radius 1 is 1.32 bits per heavy atom. The molecule has 0 radical (unpaired) electrons. The molecule has 3 rings (SSSR count). The van der Waals surface area contributed by atoms with E-state index in [-0.39, 0.29) is 0 Å². The molecule has 0 aliphatic heterocycles. The summed E-state index contributed by atoms with van der Waals surface area (Å²) in [5.41, 5.74) is 12.3. The maximum absolute atomic E-state index is 6.15. The van der Waals surface area contributed by atoms with Crippen molar-refractivity contribution in [3.05, 3.63) is 35.5 Å². The first-order valence-electron chi connectivity index (χ1n) is 8.21. The van der Waals surface area contributed by atoms with Crippen molar-refractivity contribution in [2.24, 2.45) is 5.92 Å². The Morgan fingerprint density at radius 3 is 2.72 bits per heavy atom. The lowest BCUT2D eigenvalue weighted by Crippen LogP contribution is -2.05. The molecule has 0 atom stereocenters.